The van der Waals surface area contributed by atoms with E-state index in [1.54, 1.807) is 13.0 Å². The number of non-ortho nitro benzene ring substituents is 1. The maximum atomic E-state index is 12.5. The summed E-state index contributed by atoms with van der Waals surface area (Å²) in [5.41, 5.74) is 5.52. The van der Waals surface area contributed by atoms with Crippen LogP contribution in [0.15, 0.2) is 36.4 Å². The van der Waals surface area contributed by atoms with Gasteiger partial charge in [0.15, 0.2) is 0 Å². The number of halogens is 1. The fraction of sp³-hybridized carbons (Fsp3) is 0.211. The summed E-state index contributed by atoms with van der Waals surface area (Å²) in [6.07, 6.45) is -1.14. The molecule has 10 nitrogen and oxygen atoms in total. The molecule has 0 saturated heterocycles. The summed E-state index contributed by atoms with van der Waals surface area (Å²) < 4.78 is 0. The Labute approximate surface area is 176 Å². The summed E-state index contributed by atoms with van der Waals surface area (Å²) in [6.45, 7) is 3.04. The molecule has 0 heterocycles. The Bertz CT molecular complexity index is 1020. The molecule has 0 bridgehead atoms. The van der Waals surface area contributed by atoms with Crippen molar-refractivity contribution in [2.75, 3.05) is 5.32 Å². The lowest BCUT2D eigenvalue weighted by molar-refractivity contribution is -0.384. The number of anilines is 1. The monoisotopic (exact) mass is 431 g/mol. The van der Waals surface area contributed by atoms with Crippen LogP contribution in [0.2, 0.25) is 5.02 Å². The van der Waals surface area contributed by atoms with Crippen molar-refractivity contribution in [2.45, 2.75) is 26.0 Å². The number of nitrogens with zero attached hydrogens (tertiary/aromatic N) is 2. The lowest BCUT2D eigenvalue weighted by Gasteiger charge is -2.23. The number of hydrogen-bond acceptors (Lipinski definition) is 7. The molecule has 1 unspecified atom stereocenters. The number of nitro groups is 1. The smallest absolute Gasteiger partial charge is 0.269 e. The van der Waals surface area contributed by atoms with Crippen LogP contribution >= 0.6 is 11.6 Å². The standard InChI is InChI=1S/C19H18ClN5O5/c1-10-15(8-5-13(9-21)16(10)20)22-17(11(2)26)19(28)24-23-18(27)12-3-6-14(7-4-12)25(29)30/h3-8,11,17,22,26H,1-2H3,(H,23,27)(H,24,28)/t11-,17?/m0/s1. The number of nitriles is 1. The van der Waals surface area contributed by atoms with Crippen molar-refractivity contribution in [3.63, 3.8) is 0 Å². The van der Waals surface area contributed by atoms with Crippen molar-refractivity contribution in [3.8, 4) is 6.07 Å². The number of rotatable bonds is 6. The minimum Gasteiger partial charge on any atom is -0.391 e. The number of aliphatic hydroxyl groups is 1. The Morgan fingerprint density at radius 2 is 1.83 bits per heavy atom. The lowest BCUT2D eigenvalue weighted by atomic mass is 10.1. The van der Waals surface area contributed by atoms with Crippen LogP contribution in [0.5, 0.6) is 0 Å². The van der Waals surface area contributed by atoms with Gasteiger partial charge in [-0.3, -0.25) is 30.6 Å². The highest BCUT2D eigenvalue weighted by molar-refractivity contribution is 6.32. The number of nitrogens with one attached hydrogen (secondary N) is 3. The van der Waals surface area contributed by atoms with Gasteiger partial charge in [0.05, 0.1) is 21.6 Å². The number of carbonyl (C=O) groups is 2. The summed E-state index contributed by atoms with van der Waals surface area (Å²) in [5.74, 6) is -1.43. The first-order chi connectivity index (χ1) is 14.1. The molecule has 0 aliphatic heterocycles. The van der Waals surface area contributed by atoms with Crippen molar-refractivity contribution in [2.24, 2.45) is 0 Å². The fourth-order valence-corrected chi connectivity index (χ4v) is 2.71. The van der Waals surface area contributed by atoms with Gasteiger partial charge in [0, 0.05) is 23.4 Å². The van der Waals surface area contributed by atoms with E-state index in [-0.39, 0.29) is 21.8 Å². The molecule has 0 radical (unpaired) electrons. The van der Waals surface area contributed by atoms with Gasteiger partial charge in [-0.1, -0.05) is 11.6 Å². The number of aliphatic hydroxyl groups excluding tert-OH is 1. The first kappa shape index (κ1) is 22.6. The van der Waals surface area contributed by atoms with Gasteiger partial charge in [-0.25, -0.2) is 0 Å². The van der Waals surface area contributed by atoms with Crippen molar-refractivity contribution < 1.29 is 19.6 Å². The summed E-state index contributed by atoms with van der Waals surface area (Å²) in [6, 6.07) is 8.64. The Morgan fingerprint density at radius 3 is 2.37 bits per heavy atom. The fourth-order valence-electron chi connectivity index (χ4n) is 2.50. The van der Waals surface area contributed by atoms with Gasteiger partial charge in [0.2, 0.25) is 0 Å². The van der Waals surface area contributed by atoms with Crippen LogP contribution in [0.3, 0.4) is 0 Å². The van der Waals surface area contributed by atoms with Crippen molar-refractivity contribution >= 4 is 34.8 Å². The predicted octanol–water partition coefficient (Wildman–Crippen LogP) is 2.05. The van der Waals surface area contributed by atoms with E-state index in [1.807, 2.05) is 6.07 Å². The molecule has 11 heteroatoms. The zero-order valence-electron chi connectivity index (χ0n) is 16.0. The molecule has 0 fully saturated rings. The SMILES string of the molecule is Cc1c(NC(C(=O)NNC(=O)c2ccc([N+](=O)[O-])cc2)[C@H](C)O)ccc(C#N)c1Cl. The molecule has 156 valence electrons. The average molecular weight is 432 g/mol. The van der Waals surface area contributed by atoms with Crippen molar-refractivity contribution in [1.82, 2.24) is 10.9 Å². The third-order valence-electron chi connectivity index (χ3n) is 4.22. The topological polar surface area (TPSA) is 157 Å². The molecule has 30 heavy (non-hydrogen) atoms. The Hall–Kier alpha value is -3.68. The zero-order chi connectivity index (χ0) is 22.4. The number of amides is 2. The van der Waals surface area contributed by atoms with Gasteiger partial charge in [-0.2, -0.15) is 5.26 Å². The van der Waals surface area contributed by atoms with Gasteiger partial charge >= 0.3 is 0 Å². The third-order valence-corrected chi connectivity index (χ3v) is 4.71. The van der Waals surface area contributed by atoms with E-state index in [9.17, 15) is 24.8 Å². The first-order valence-corrected chi connectivity index (χ1v) is 9.02. The molecule has 0 aliphatic rings. The number of hydrazine groups is 1. The van der Waals surface area contributed by atoms with Crippen LogP contribution in [0.25, 0.3) is 0 Å². The molecule has 0 spiro atoms. The van der Waals surface area contributed by atoms with Crippen LogP contribution in [0, 0.1) is 28.4 Å². The largest absolute Gasteiger partial charge is 0.391 e. The van der Waals surface area contributed by atoms with Gasteiger partial charge in [-0.15, -0.1) is 0 Å². The second-order valence-corrected chi connectivity index (χ2v) is 6.70. The molecule has 2 aromatic rings. The highest BCUT2D eigenvalue weighted by Gasteiger charge is 2.25. The number of benzene rings is 2. The molecule has 0 aliphatic carbocycles. The molecule has 2 atom stereocenters. The molecular formula is C19H18ClN5O5. The van der Waals surface area contributed by atoms with E-state index >= 15 is 0 Å². The zero-order valence-corrected chi connectivity index (χ0v) is 16.7. The van der Waals surface area contributed by atoms with E-state index in [2.05, 4.69) is 16.2 Å². The molecule has 2 aromatic carbocycles. The number of nitro benzene ring substituents is 1. The lowest BCUT2D eigenvalue weighted by Crippen LogP contribution is -2.52. The minimum atomic E-state index is -1.15. The first-order valence-electron chi connectivity index (χ1n) is 8.64. The Kier molecular flexibility index (Phi) is 7.30. The quantitative estimate of drug-likeness (QED) is 0.402. The van der Waals surface area contributed by atoms with Crippen LogP contribution in [-0.2, 0) is 4.79 Å². The predicted molar refractivity (Wildman–Crippen MR) is 109 cm³/mol. The molecule has 2 rings (SSSR count). The molecule has 4 N–H and O–H groups in total. The number of carbonyl (C=O) groups excluding carboxylic acids is 2. The average Bonchev–Trinajstić information content (AvgIpc) is 2.72. The Morgan fingerprint density at radius 1 is 1.20 bits per heavy atom. The second-order valence-electron chi connectivity index (χ2n) is 6.32. The third kappa shape index (κ3) is 5.22. The number of hydrogen-bond donors (Lipinski definition) is 4. The maximum absolute atomic E-state index is 12.5. The van der Waals surface area contributed by atoms with Gasteiger partial charge in [0.25, 0.3) is 17.5 Å². The van der Waals surface area contributed by atoms with Crippen molar-refractivity contribution in [1.29, 1.82) is 5.26 Å². The normalized spacial score (nSPS) is 12.2. The van der Waals surface area contributed by atoms with Crippen molar-refractivity contribution in [3.05, 3.63) is 68.2 Å². The van der Waals surface area contributed by atoms with E-state index < -0.39 is 28.9 Å². The van der Waals surface area contributed by atoms with Gasteiger partial charge in [0.1, 0.15) is 12.1 Å². The van der Waals surface area contributed by atoms with Gasteiger partial charge < -0.3 is 10.4 Å². The molecular weight excluding hydrogens is 414 g/mol. The van der Waals surface area contributed by atoms with E-state index in [1.165, 1.54) is 25.1 Å². The summed E-state index contributed by atoms with van der Waals surface area (Å²) in [5, 5.41) is 32.7. The van der Waals surface area contributed by atoms with Crippen LogP contribution < -0.4 is 16.2 Å². The highest BCUT2D eigenvalue weighted by atomic mass is 35.5. The maximum Gasteiger partial charge on any atom is 0.269 e. The van der Waals surface area contributed by atoms with Crippen LogP contribution in [0.4, 0.5) is 11.4 Å². The summed E-state index contributed by atoms with van der Waals surface area (Å²) in [4.78, 5) is 34.7. The van der Waals surface area contributed by atoms with Gasteiger partial charge in [-0.05, 0) is 43.7 Å². The van der Waals surface area contributed by atoms with E-state index in [4.69, 9.17) is 16.9 Å². The minimum absolute atomic E-state index is 0.0946. The van der Waals surface area contributed by atoms with Crippen LogP contribution in [-0.4, -0.2) is 34.0 Å². The second kappa shape index (κ2) is 9.69. The van der Waals surface area contributed by atoms with Crippen LogP contribution in [0.1, 0.15) is 28.4 Å². The molecule has 0 saturated carbocycles. The molecule has 2 amide bonds. The summed E-state index contributed by atoms with van der Waals surface area (Å²) >= 11 is 6.12. The highest BCUT2D eigenvalue weighted by Crippen LogP contribution is 2.27. The Balaban J connectivity index is 2.07. The molecule has 0 aromatic heterocycles. The van der Waals surface area contributed by atoms with E-state index in [0.717, 1.165) is 12.1 Å². The van der Waals surface area contributed by atoms with E-state index in [0.29, 0.717) is 11.3 Å². The summed E-state index contributed by atoms with van der Waals surface area (Å²) in [7, 11) is 0.